The smallest absolute Gasteiger partial charge is 0.241 e. The Morgan fingerprint density at radius 1 is 1.50 bits per heavy atom. The van der Waals surface area contributed by atoms with E-state index in [0.29, 0.717) is 5.69 Å². The average Bonchev–Trinajstić information content (AvgIpc) is 2.17. The van der Waals surface area contributed by atoms with Crippen molar-refractivity contribution in [1.29, 1.82) is 0 Å². The molecule has 0 atom stereocenters. The van der Waals surface area contributed by atoms with Crippen LogP contribution in [0.5, 0.6) is 0 Å². The van der Waals surface area contributed by atoms with Crippen LogP contribution in [-0.4, -0.2) is 19.4 Å². The van der Waals surface area contributed by atoms with Gasteiger partial charge in [-0.15, -0.1) is 0 Å². The van der Waals surface area contributed by atoms with Crippen molar-refractivity contribution in [1.82, 2.24) is 9.71 Å². The second-order valence-corrected chi connectivity index (χ2v) is 5.16. The van der Waals surface area contributed by atoms with Gasteiger partial charge in [-0.2, -0.15) is 0 Å². The lowest BCUT2D eigenvalue weighted by Gasteiger charge is -2.02. The van der Waals surface area contributed by atoms with Crippen LogP contribution in [0.1, 0.15) is 5.69 Å². The SMILES string of the molecule is O=S(=O)(CF)NCc1ccc(Br)cn1. The molecule has 0 aromatic carbocycles. The van der Waals surface area contributed by atoms with E-state index in [-0.39, 0.29) is 6.54 Å². The lowest BCUT2D eigenvalue weighted by Crippen LogP contribution is -2.24. The molecule has 0 bridgehead atoms. The molecule has 0 fully saturated rings. The van der Waals surface area contributed by atoms with Crippen molar-refractivity contribution >= 4 is 26.0 Å². The van der Waals surface area contributed by atoms with Crippen LogP contribution < -0.4 is 4.72 Å². The molecule has 1 aromatic heterocycles. The summed E-state index contributed by atoms with van der Waals surface area (Å²) in [7, 11) is -3.80. The maximum Gasteiger partial charge on any atom is 0.241 e. The van der Waals surface area contributed by atoms with Gasteiger partial charge in [0.05, 0.1) is 12.2 Å². The van der Waals surface area contributed by atoms with E-state index >= 15 is 0 Å². The molecule has 14 heavy (non-hydrogen) atoms. The molecule has 0 saturated heterocycles. The summed E-state index contributed by atoms with van der Waals surface area (Å²) in [4.78, 5) is 3.92. The molecule has 78 valence electrons. The molecule has 1 rings (SSSR count). The first kappa shape index (κ1) is 11.5. The van der Waals surface area contributed by atoms with Crippen LogP contribution in [0.3, 0.4) is 0 Å². The Labute approximate surface area is 89.7 Å². The van der Waals surface area contributed by atoms with Crippen molar-refractivity contribution in [3.8, 4) is 0 Å². The number of pyridine rings is 1. The molecule has 0 unspecified atom stereocenters. The van der Waals surface area contributed by atoms with E-state index in [9.17, 15) is 12.8 Å². The summed E-state index contributed by atoms with van der Waals surface area (Å²) in [5, 5.41) is 0. The quantitative estimate of drug-likeness (QED) is 0.903. The number of halogens is 2. The topological polar surface area (TPSA) is 59.1 Å². The summed E-state index contributed by atoms with van der Waals surface area (Å²) in [6.07, 6.45) is 1.54. The number of hydrogen-bond acceptors (Lipinski definition) is 3. The Morgan fingerprint density at radius 2 is 2.21 bits per heavy atom. The lowest BCUT2D eigenvalue weighted by atomic mass is 10.4. The second-order valence-electron chi connectivity index (χ2n) is 2.51. The number of nitrogens with zero attached hydrogens (tertiary/aromatic N) is 1. The Hall–Kier alpha value is -0.530. The number of sulfonamides is 1. The number of hydrogen-bond donors (Lipinski definition) is 1. The van der Waals surface area contributed by atoms with Gasteiger partial charge < -0.3 is 0 Å². The summed E-state index contributed by atoms with van der Waals surface area (Å²) in [5.41, 5.74) is 0.533. The van der Waals surface area contributed by atoms with Gasteiger partial charge in [0.15, 0.2) is 0 Å². The van der Waals surface area contributed by atoms with E-state index in [4.69, 9.17) is 0 Å². The third-order valence-corrected chi connectivity index (χ3v) is 2.75. The van der Waals surface area contributed by atoms with Crippen LogP contribution in [0, 0.1) is 0 Å². The molecular formula is C7H8BrFN2O2S. The fourth-order valence-electron chi connectivity index (χ4n) is 0.733. The third kappa shape index (κ3) is 3.69. The Kier molecular flexibility index (Phi) is 3.97. The van der Waals surface area contributed by atoms with Gasteiger partial charge in [0.2, 0.25) is 16.0 Å². The first-order chi connectivity index (χ1) is 6.53. The highest BCUT2D eigenvalue weighted by Crippen LogP contribution is 2.07. The Balaban J connectivity index is 2.59. The van der Waals surface area contributed by atoms with Gasteiger partial charge in [0.25, 0.3) is 0 Å². The molecule has 0 saturated carbocycles. The molecule has 1 aromatic rings. The van der Waals surface area contributed by atoms with Crippen LogP contribution >= 0.6 is 15.9 Å². The summed E-state index contributed by atoms with van der Waals surface area (Å²) < 4.78 is 36.2. The van der Waals surface area contributed by atoms with Gasteiger partial charge in [-0.1, -0.05) is 0 Å². The zero-order valence-electron chi connectivity index (χ0n) is 7.07. The van der Waals surface area contributed by atoms with E-state index < -0.39 is 16.0 Å². The van der Waals surface area contributed by atoms with Crippen LogP contribution in [0.25, 0.3) is 0 Å². The predicted molar refractivity (Wildman–Crippen MR) is 53.7 cm³/mol. The molecule has 7 heteroatoms. The standard InChI is InChI=1S/C7H8BrFN2O2S/c8-6-1-2-7(10-3-6)4-11-14(12,13)5-9/h1-3,11H,4-5H2. The number of alkyl halides is 1. The number of aromatic nitrogens is 1. The van der Waals surface area contributed by atoms with Crippen molar-refractivity contribution < 1.29 is 12.8 Å². The van der Waals surface area contributed by atoms with Gasteiger partial charge in [0.1, 0.15) is 0 Å². The molecular weight excluding hydrogens is 275 g/mol. The van der Waals surface area contributed by atoms with E-state index in [1.807, 2.05) is 0 Å². The number of rotatable bonds is 4. The highest BCUT2D eigenvalue weighted by atomic mass is 79.9. The lowest BCUT2D eigenvalue weighted by molar-refractivity contribution is 0.523. The first-order valence-electron chi connectivity index (χ1n) is 3.67. The van der Waals surface area contributed by atoms with Gasteiger partial charge >= 0.3 is 0 Å². The van der Waals surface area contributed by atoms with E-state index in [1.165, 1.54) is 0 Å². The molecule has 1 heterocycles. The van der Waals surface area contributed by atoms with E-state index in [0.717, 1.165) is 4.47 Å². The molecule has 0 aliphatic heterocycles. The third-order valence-electron chi connectivity index (χ3n) is 1.41. The molecule has 0 aliphatic carbocycles. The molecule has 0 radical (unpaired) electrons. The maximum atomic E-state index is 11.9. The summed E-state index contributed by atoms with van der Waals surface area (Å²) in [6.45, 7) is -0.000463. The molecule has 0 spiro atoms. The zero-order valence-corrected chi connectivity index (χ0v) is 9.48. The van der Waals surface area contributed by atoms with Crippen LogP contribution in [0.2, 0.25) is 0 Å². The Bertz CT molecular complexity index is 393. The highest BCUT2D eigenvalue weighted by Gasteiger charge is 2.08. The van der Waals surface area contributed by atoms with Crippen molar-refractivity contribution in [2.75, 3.05) is 6.01 Å². The minimum Gasteiger partial charge on any atom is -0.259 e. The fourth-order valence-corrected chi connectivity index (χ4v) is 1.41. The summed E-state index contributed by atoms with van der Waals surface area (Å²) in [6, 6.07) is 1.96. The fraction of sp³-hybridized carbons (Fsp3) is 0.286. The zero-order chi connectivity index (χ0) is 10.6. The minimum atomic E-state index is -3.80. The molecule has 0 aliphatic rings. The van der Waals surface area contributed by atoms with Gasteiger partial charge in [-0.3, -0.25) is 4.98 Å². The first-order valence-corrected chi connectivity index (χ1v) is 6.12. The van der Waals surface area contributed by atoms with Gasteiger partial charge in [-0.05, 0) is 28.1 Å². The van der Waals surface area contributed by atoms with Gasteiger partial charge in [0, 0.05) is 10.7 Å². The van der Waals surface area contributed by atoms with E-state index in [1.54, 1.807) is 18.3 Å². The Morgan fingerprint density at radius 3 is 2.71 bits per heavy atom. The predicted octanol–water partition coefficient (Wildman–Crippen LogP) is 1.19. The minimum absolute atomic E-state index is 0.000463. The number of nitrogens with one attached hydrogen (secondary N) is 1. The molecule has 4 nitrogen and oxygen atoms in total. The molecule has 0 amide bonds. The normalized spacial score (nSPS) is 11.6. The monoisotopic (exact) mass is 282 g/mol. The summed E-state index contributed by atoms with van der Waals surface area (Å²) >= 11 is 3.19. The van der Waals surface area contributed by atoms with Crippen LogP contribution in [-0.2, 0) is 16.6 Å². The van der Waals surface area contributed by atoms with Gasteiger partial charge in [-0.25, -0.2) is 17.5 Å². The van der Waals surface area contributed by atoms with Crippen molar-refractivity contribution in [2.24, 2.45) is 0 Å². The van der Waals surface area contributed by atoms with Crippen molar-refractivity contribution in [3.05, 3.63) is 28.5 Å². The largest absolute Gasteiger partial charge is 0.259 e. The van der Waals surface area contributed by atoms with E-state index in [2.05, 4.69) is 25.6 Å². The maximum absolute atomic E-state index is 11.9. The second kappa shape index (κ2) is 4.81. The summed E-state index contributed by atoms with van der Waals surface area (Å²) in [5.74, 6) is 0. The molecule has 1 N–H and O–H groups in total. The average molecular weight is 283 g/mol. The van der Waals surface area contributed by atoms with Crippen molar-refractivity contribution in [2.45, 2.75) is 6.54 Å². The van der Waals surface area contributed by atoms with Crippen molar-refractivity contribution in [3.63, 3.8) is 0 Å². The van der Waals surface area contributed by atoms with Crippen LogP contribution in [0.15, 0.2) is 22.8 Å². The van der Waals surface area contributed by atoms with Crippen LogP contribution in [0.4, 0.5) is 4.39 Å². The highest BCUT2D eigenvalue weighted by molar-refractivity contribution is 9.10.